The monoisotopic (exact) mass is 185 g/mol. The van der Waals surface area contributed by atoms with Gasteiger partial charge in [-0.1, -0.05) is 20.8 Å². The highest BCUT2D eigenvalue weighted by atomic mass is 16.5. The van der Waals surface area contributed by atoms with Crippen molar-refractivity contribution in [3.63, 3.8) is 0 Å². The Labute approximate surface area is 82.0 Å². The molecule has 0 bridgehead atoms. The van der Waals surface area contributed by atoms with E-state index in [-0.39, 0.29) is 0 Å². The van der Waals surface area contributed by atoms with Crippen molar-refractivity contribution in [2.24, 2.45) is 11.8 Å². The minimum absolute atomic E-state index is 0.696. The van der Waals surface area contributed by atoms with Crippen molar-refractivity contribution in [1.82, 2.24) is 5.32 Å². The maximum absolute atomic E-state index is 5.52. The Bertz CT molecular complexity index is 134. The third-order valence-corrected chi connectivity index (χ3v) is 2.71. The summed E-state index contributed by atoms with van der Waals surface area (Å²) < 4.78 is 5.52. The molecule has 1 fully saturated rings. The molecule has 0 amide bonds. The first-order valence-corrected chi connectivity index (χ1v) is 5.55. The van der Waals surface area contributed by atoms with Crippen LogP contribution in [0.25, 0.3) is 0 Å². The van der Waals surface area contributed by atoms with Crippen LogP contribution in [0.1, 0.15) is 33.6 Å². The number of nitrogens with one attached hydrogen (secondary N) is 1. The van der Waals surface area contributed by atoms with Crippen LogP contribution in [-0.2, 0) is 4.74 Å². The molecule has 0 aromatic rings. The molecule has 2 unspecified atom stereocenters. The Morgan fingerprint density at radius 1 is 1.46 bits per heavy atom. The summed E-state index contributed by atoms with van der Waals surface area (Å²) in [5.41, 5.74) is 0. The van der Waals surface area contributed by atoms with Gasteiger partial charge < -0.3 is 10.1 Å². The van der Waals surface area contributed by atoms with Crippen LogP contribution in [0, 0.1) is 11.8 Å². The molecular formula is C11H23NO. The fourth-order valence-electron chi connectivity index (χ4n) is 2.17. The summed E-state index contributed by atoms with van der Waals surface area (Å²) in [6, 6.07) is 0.696. The van der Waals surface area contributed by atoms with E-state index in [0.717, 1.165) is 31.6 Å². The van der Waals surface area contributed by atoms with Gasteiger partial charge in [0.15, 0.2) is 0 Å². The highest BCUT2D eigenvalue weighted by Gasteiger charge is 2.25. The molecule has 1 aliphatic heterocycles. The normalized spacial score (nSPS) is 29.5. The Morgan fingerprint density at radius 3 is 2.85 bits per heavy atom. The van der Waals surface area contributed by atoms with Crippen LogP contribution in [0.4, 0.5) is 0 Å². The molecule has 0 aromatic heterocycles. The molecule has 2 atom stereocenters. The van der Waals surface area contributed by atoms with E-state index in [9.17, 15) is 0 Å². The zero-order chi connectivity index (χ0) is 9.68. The highest BCUT2D eigenvalue weighted by Crippen LogP contribution is 2.21. The summed E-state index contributed by atoms with van der Waals surface area (Å²) in [5.74, 6) is 1.52. The second-order valence-corrected chi connectivity index (χ2v) is 4.42. The van der Waals surface area contributed by atoms with E-state index in [2.05, 4.69) is 26.1 Å². The molecule has 1 rings (SSSR count). The van der Waals surface area contributed by atoms with Crippen molar-refractivity contribution >= 4 is 0 Å². The molecule has 0 saturated carbocycles. The molecule has 13 heavy (non-hydrogen) atoms. The molecule has 0 aromatic carbocycles. The van der Waals surface area contributed by atoms with Crippen molar-refractivity contribution in [2.45, 2.75) is 39.7 Å². The Morgan fingerprint density at radius 2 is 2.23 bits per heavy atom. The van der Waals surface area contributed by atoms with Crippen molar-refractivity contribution in [3.05, 3.63) is 0 Å². The van der Waals surface area contributed by atoms with Crippen LogP contribution >= 0.6 is 0 Å². The van der Waals surface area contributed by atoms with Crippen LogP contribution in [-0.4, -0.2) is 25.8 Å². The average molecular weight is 185 g/mol. The molecule has 0 aliphatic carbocycles. The Balaban J connectivity index is 2.36. The summed E-state index contributed by atoms with van der Waals surface area (Å²) in [7, 11) is 0. The van der Waals surface area contributed by atoms with Crippen LogP contribution in [0.2, 0.25) is 0 Å². The quantitative estimate of drug-likeness (QED) is 0.723. The molecule has 2 heteroatoms. The second kappa shape index (κ2) is 5.61. The van der Waals surface area contributed by atoms with Crippen LogP contribution in [0.5, 0.6) is 0 Å². The maximum atomic E-state index is 5.52. The predicted octanol–water partition coefficient (Wildman–Crippen LogP) is 2.05. The van der Waals surface area contributed by atoms with Gasteiger partial charge in [0.25, 0.3) is 0 Å². The van der Waals surface area contributed by atoms with E-state index in [1.807, 2.05) is 0 Å². The largest absolute Gasteiger partial charge is 0.381 e. The van der Waals surface area contributed by atoms with Crippen LogP contribution in [0.15, 0.2) is 0 Å². The lowest BCUT2D eigenvalue weighted by Crippen LogP contribution is -2.43. The van der Waals surface area contributed by atoms with Crippen molar-refractivity contribution in [1.29, 1.82) is 0 Å². The smallest absolute Gasteiger partial charge is 0.0509 e. The fourth-order valence-corrected chi connectivity index (χ4v) is 2.17. The first kappa shape index (κ1) is 11.0. The average Bonchev–Trinajstić information content (AvgIpc) is 2.08. The first-order valence-electron chi connectivity index (χ1n) is 5.55. The Kier molecular flexibility index (Phi) is 4.74. The fraction of sp³-hybridized carbons (Fsp3) is 1.00. The van der Waals surface area contributed by atoms with Crippen molar-refractivity contribution in [2.75, 3.05) is 19.8 Å². The minimum Gasteiger partial charge on any atom is -0.381 e. The maximum Gasteiger partial charge on any atom is 0.0509 e. The van der Waals surface area contributed by atoms with E-state index >= 15 is 0 Å². The van der Waals surface area contributed by atoms with E-state index in [1.165, 1.54) is 12.8 Å². The minimum atomic E-state index is 0.696. The third-order valence-electron chi connectivity index (χ3n) is 2.71. The van der Waals surface area contributed by atoms with Gasteiger partial charge in [0.1, 0.15) is 0 Å². The first-order chi connectivity index (χ1) is 6.24. The van der Waals surface area contributed by atoms with Crippen molar-refractivity contribution in [3.8, 4) is 0 Å². The lowest BCUT2D eigenvalue weighted by Gasteiger charge is -2.33. The lowest BCUT2D eigenvalue weighted by molar-refractivity contribution is 0.0245. The third kappa shape index (κ3) is 3.65. The standard InChI is InChI=1S/C11H23NO/c1-4-12-11-5-6-13-8-10(11)7-9(2)3/h9-12H,4-8H2,1-3H3. The topological polar surface area (TPSA) is 21.3 Å². The van der Waals surface area contributed by atoms with E-state index in [0.29, 0.717) is 6.04 Å². The lowest BCUT2D eigenvalue weighted by atomic mass is 9.88. The zero-order valence-electron chi connectivity index (χ0n) is 9.18. The summed E-state index contributed by atoms with van der Waals surface area (Å²) in [6.07, 6.45) is 2.48. The molecule has 1 N–H and O–H groups in total. The van der Waals surface area contributed by atoms with Gasteiger partial charge in [-0.2, -0.15) is 0 Å². The molecule has 1 heterocycles. The van der Waals surface area contributed by atoms with E-state index < -0.39 is 0 Å². The highest BCUT2D eigenvalue weighted by molar-refractivity contribution is 4.79. The van der Waals surface area contributed by atoms with Crippen LogP contribution < -0.4 is 5.32 Å². The molecule has 1 saturated heterocycles. The number of ether oxygens (including phenoxy) is 1. The summed E-state index contributed by atoms with van der Waals surface area (Å²) in [6.45, 7) is 9.73. The van der Waals surface area contributed by atoms with Gasteiger partial charge in [0, 0.05) is 12.6 Å². The molecular weight excluding hydrogens is 162 g/mol. The SMILES string of the molecule is CCNC1CCOCC1CC(C)C. The van der Waals surface area contributed by atoms with Gasteiger partial charge in [0.2, 0.25) is 0 Å². The van der Waals surface area contributed by atoms with Gasteiger partial charge >= 0.3 is 0 Å². The van der Waals surface area contributed by atoms with Gasteiger partial charge in [-0.05, 0) is 31.2 Å². The summed E-state index contributed by atoms with van der Waals surface area (Å²) in [5, 5.41) is 3.56. The second-order valence-electron chi connectivity index (χ2n) is 4.42. The van der Waals surface area contributed by atoms with Gasteiger partial charge in [-0.3, -0.25) is 0 Å². The number of hydrogen-bond donors (Lipinski definition) is 1. The molecule has 0 radical (unpaired) electrons. The van der Waals surface area contributed by atoms with Crippen LogP contribution in [0.3, 0.4) is 0 Å². The zero-order valence-corrected chi connectivity index (χ0v) is 9.18. The van der Waals surface area contributed by atoms with Gasteiger partial charge in [0.05, 0.1) is 6.61 Å². The predicted molar refractivity (Wildman–Crippen MR) is 55.8 cm³/mol. The molecule has 2 nitrogen and oxygen atoms in total. The van der Waals surface area contributed by atoms with Gasteiger partial charge in [-0.25, -0.2) is 0 Å². The molecule has 1 aliphatic rings. The molecule has 78 valence electrons. The van der Waals surface area contributed by atoms with Gasteiger partial charge in [-0.15, -0.1) is 0 Å². The number of hydrogen-bond acceptors (Lipinski definition) is 2. The van der Waals surface area contributed by atoms with Crippen molar-refractivity contribution < 1.29 is 4.74 Å². The number of rotatable bonds is 4. The van der Waals surface area contributed by atoms with E-state index in [4.69, 9.17) is 4.74 Å². The summed E-state index contributed by atoms with van der Waals surface area (Å²) in [4.78, 5) is 0. The molecule has 0 spiro atoms. The summed E-state index contributed by atoms with van der Waals surface area (Å²) >= 11 is 0. The Hall–Kier alpha value is -0.0800. The van der Waals surface area contributed by atoms with E-state index in [1.54, 1.807) is 0 Å².